The van der Waals surface area contributed by atoms with Crippen molar-refractivity contribution in [3.8, 4) is 5.75 Å². The highest BCUT2D eigenvalue weighted by atomic mass is 35.5. The molecule has 0 saturated heterocycles. The third-order valence-corrected chi connectivity index (χ3v) is 6.39. The number of aliphatic hydroxyl groups is 1. The van der Waals surface area contributed by atoms with Crippen molar-refractivity contribution in [1.29, 1.82) is 0 Å². The second kappa shape index (κ2) is 10.6. The fourth-order valence-corrected chi connectivity index (χ4v) is 5.01. The number of hydrogen-bond donors (Lipinski definition) is 1. The van der Waals surface area contributed by atoms with Gasteiger partial charge in [-0.05, 0) is 60.5 Å². The summed E-state index contributed by atoms with van der Waals surface area (Å²) in [7, 11) is 0. The second-order valence-electron chi connectivity index (χ2n) is 8.35. The Morgan fingerprint density at radius 2 is 2.00 bits per heavy atom. The summed E-state index contributed by atoms with van der Waals surface area (Å²) in [6, 6.07) is 9.29. The molecule has 5 nitrogen and oxygen atoms in total. The molecule has 2 atom stereocenters. The number of carbonyl (C=O) groups excluding carboxylic acids is 1. The Morgan fingerprint density at radius 3 is 2.67 bits per heavy atom. The molecule has 0 spiro atoms. The van der Waals surface area contributed by atoms with Crippen molar-refractivity contribution in [2.75, 3.05) is 32.8 Å². The van der Waals surface area contributed by atoms with Gasteiger partial charge in [0.1, 0.15) is 12.4 Å². The minimum absolute atomic E-state index is 0.0813. The molecule has 30 heavy (non-hydrogen) atoms. The van der Waals surface area contributed by atoms with Gasteiger partial charge in [-0.1, -0.05) is 25.4 Å². The van der Waals surface area contributed by atoms with Crippen LogP contribution in [-0.4, -0.2) is 59.7 Å². The van der Waals surface area contributed by atoms with Crippen LogP contribution in [0.2, 0.25) is 5.02 Å². The third-order valence-electron chi connectivity index (χ3n) is 5.14. The van der Waals surface area contributed by atoms with Crippen molar-refractivity contribution in [1.82, 2.24) is 9.80 Å². The Kier molecular flexibility index (Phi) is 8.17. The Hall–Kier alpha value is -1.60. The van der Waals surface area contributed by atoms with Gasteiger partial charge >= 0.3 is 0 Å². The molecule has 0 fully saturated rings. The lowest BCUT2D eigenvalue weighted by Gasteiger charge is -2.37. The predicted octanol–water partition coefficient (Wildman–Crippen LogP) is 4.25. The topological polar surface area (TPSA) is 53.0 Å². The molecule has 1 aliphatic rings. The molecule has 1 aromatic carbocycles. The zero-order valence-corrected chi connectivity index (χ0v) is 19.5. The first kappa shape index (κ1) is 23.1. The normalized spacial score (nSPS) is 17.3. The monoisotopic (exact) mass is 450 g/mol. The molecule has 7 heteroatoms. The summed E-state index contributed by atoms with van der Waals surface area (Å²) in [4.78, 5) is 18.6. The van der Waals surface area contributed by atoms with Crippen LogP contribution in [0, 0.1) is 5.92 Å². The number of nitrogens with zero attached hydrogens (tertiary/aromatic N) is 2. The van der Waals surface area contributed by atoms with Crippen LogP contribution in [0.5, 0.6) is 5.75 Å². The highest BCUT2D eigenvalue weighted by molar-refractivity contribution is 7.10. The van der Waals surface area contributed by atoms with Crippen LogP contribution in [0.15, 0.2) is 35.7 Å². The quantitative estimate of drug-likeness (QED) is 0.620. The van der Waals surface area contributed by atoms with Gasteiger partial charge in [-0.25, -0.2) is 0 Å². The van der Waals surface area contributed by atoms with Gasteiger partial charge in [0.15, 0.2) is 0 Å². The van der Waals surface area contributed by atoms with Crippen LogP contribution in [0.1, 0.15) is 37.3 Å². The summed E-state index contributed by atoms with van der Waals surface area (Å²) in [6.07, 6.45) is 0.405. The highest BCUT2D eigenvalue weighted by Crippen LogP contribution is 2.34. The summed E-state index contributed by atoms with van der Waals surface area (Å²) in [6.45, 7) is 8.68. The molecule has 0 aliphatic carbocycles. The number of aliphatic hydroxyl groups excluding tert-OH is 1. The van der Waals surface area contributed by atoms with Crippen molar-refractivity contribution in [2.45, 2.75) is 39.3 Å². The average Bonchev–Trinajstić information content (AvgIpc) is 3.15. The predicted molar refractivity (Wildman–Crippen MR) is 122 cm³/mol. The number of rotatable bonds is 9. The molecular formula is C23H31ClN2O3S. The molecule has 0 unspecified atom stereocenters. The van der Waals surface area contributed by atoms with E-state index in [2.05, 4.69) is 30.2 Å². The van der Waals surface area contributed by atoms with E-state index < -0.39 is 6.10 Å². The van der Waals surface area contributed by atoms with Gasteiger partial charge in [-0.2, -0.15) is 0 Å². The number of hydrogen-bond acceptors (Lipinski definition) is 5. The van der Waals surface area contributed by atoms with Crippen LogP contribution in [0.4, 0.5) is 0 Å². The first-order chi connectivity index (χ1) is 14.3. The molecule has 0 saturated carbocycles. The number of amides is 1. The lowest BCUT2D eigenvalue weighted by atomic mass is 10.0. The number of fused-ring (bicyclic) bond motifs is 1. The van der Waals surface area contributed by atoms with Gasteiger partial charge in [0, 0.05) is 29.5 Å². The van der Waals surface area contributed by atoms with Gasteiger partial charge in [0.25, 0.3) is 0 Å². The second-order valence-corrected chi connectivity index (χ2v) is 9.79. The number of halogens is 1. The van der Waals surface area contributed by atoms with Crippen LogP contribution < -0.4 is 4.74 Å². The largest absolute Gasteiger partial charge is 0.491 e. The maximum atomic E-state index is 13.3. The van der Waals surface area contributed by atoms with Crippen LogP contribution in [-0.2, 0) is 11.2 Å². The van der Waals surface area contributed by atoms with Crippen molar-refractivity contribution >= 4 is 28.8 Å². The molecule has 164 valence electrons. The van der Waals surface area contributed by atoms with Crippen molar-refractivity contribution in [3.63, 3.8) is 0 Å². The fraction of sp³-hybridized carbons (Fsp3) is 0.522. The number of thiophene rings is 1. The number of carbonyl (C=O) groups is 1. The SMILES string of the molecule is CC(C)CN(CC(=O)N1CCc2sccc2[C@@H]1COc1ccc(Cl)cc1)C[C@@H](C)O. The Labute approximate surface area is 188 Å². The van der Waals surface area contributed by atoms with E-state index in [-0.39, 0.29) is 11.9 Å². The third kappa shape index (κ3) is 6.20. The van der Waals surface area contributed by atoms with Crippen molar-refractivity contribution in [3.05, 3.63) is 51.2 Å². The first-order valence-electron chi connectivity index (χ1n) is 10.5. The number of ether oxygens (including phenoxy) is 1. The highest BCUT2D eigenvalue weighted by Gasteiger charge is 2.33. The molecule has 0 bridgehead atoms. The smallest absolute Gasteiger partial charge is 0.237 e. The van der Waals surface area contributed by atoms with Crippen molar-refractivity contribution < 1.29 is 14.6 Å². The van der Waals surface area contributed by atoms with E-state index in [0.717, 1.165) is 18.7 Å². The van der Waals surface area contributed by atoms with E-state index in [1.54, 1.807) is 30.4 Å². The minimum Gasteiger partial charge on any atom is -0.491 e. The summed E-state index contributed by atoms with van der Waals surface area (Å²) >= 11 is 7.71. The van der Waals surface area contributed by atoms with Crippen molar-refractivity contribution in [2.24, 2.45) is 5.92 Å². The zero-order chi connectivity index (χ0) is 21.7. The van der Waals surface area contributed by atoms with E-state index in [4.69, 9.17) is 16.3 Å². The Morgan fingerprint density at radius 1 is 1.27 bits per heavy atom. The van der Waals surface area contributed by atoms with Gasteiger partial charge < -0.3 is 14.7 Å². The minimum atomic E-state index is -0.467. The summed E-state index contributed by atoms with van der Waals surface area (Å²) < 4.78 is 6.04. The van der Waals surface area contributed by atoms with E-state index >= 15 is 0 Å². The van der Waals surface area contributed by atoms with Crippen LogP contribution >= 0.6 is 22.9 Å². The standard InChI is InChI=1S/C23H31ClN2O3S/c1-16(2)12-25(13-17(3)27)14-23(28)26-10-8-22-20(9-11-30-22)21(26)15-29-19-6-4-18(24)5-7-19/h4-7,9,11,16-17,21,27H,8,10,12-15H2,1-3H3/t17-,21+/m1/s1. The fourth-order valence-electron chi connectivity index (χ4n) is 3.96. The molecule has 1 aliphatic heterocycles. The Balaban J connectivity index is 1.73. The van der Waals surface area contributed by atoms with Crippen LogP contribution in [0.25, 0.3) is 0 Å². The maximum absolute atomic E-state index is 13.3. The van der Waals surface area contributed by atoms with E-state index in [9.17, 15) is 9.90 Å². The van der Waals surface area contributed by atoms with E-state index in [1.807, 2.05) is 17.0 Å². The molecule has 1 N–H and O–H groups in total. The van der Waals surface area contributed by atoms with Gasteiger partial charge in [-0.3, -0.25) is 9.69 Å². The first-order valence-corrected chi connectivity index (χ1v) is 11.7. The summed E-state index contributed by atoms with van der Waals surface area (Å²) in [5, 5.41) is 12.6. The summed E-state index contributed by atoms with van der Waals surface area (Å²) in [5.74, 6) is 1.24. The molecular weight excluding hydrogens is 420 g/mol. The molecule has 3 rings (SSSR count). The molecule has 1 aromatic heterocycles. The van der Waals surface area contributed by atoms with Gasteiger partial charge in [0.05, 0.1) is 18.7 Å². The molecule has 1 amide bonds. The summed E-state index contributed by atoms with van der Waals surface area (Å²) in [5.41, 5.74) is 1.18. The average molecular weight is 451 g/mol. The van der Waals surface area contributed by atoms with Gasteiger partial charge in [-0.15, -0.1) is 11.3 Å². The lowest BCUT2D eigenvalue weighted by molar-refractivity contribution is -0.136. The van der Waals surface area contributed by atoms with Crippen LogP contribution in [0.3, 0.4) is 0 Å². The molecule has 2 aromatic rings. The van der Waals surface area contributed by atoms with E-state index in [1.165, 1.54) is 10.4 Å². The zero-order valence-electron chi connectivity index (χ0n) is 17.9. The van der Waals surface area contributed by atoms with E-state index in [0.29, 0.717) is 37.2 Å². The lowest BCUT2D eigenvalue weighted by Crippen LogP contribution is -2.48. The Bertz CT molecular complexity index is 812. The maximum Gasteiger partial charge on any atom is 0.237 e. The number of benzene rings is 1. The van der Waals surface area contributed by atoms with Gasteiger partial charge in [0.2, 0.25) is 5.91 Å². The molecule has 0 radical (unpaired) electrons. The molecule has 2 heterocycles.